The molecule has 20 heavy (non-hydrogen) atoms. The Labute approximate surface area is 126 Å². The van der Waals surface area contributed by atoms with Gasteiger partial charge in [-0.1, -0.05) is 23.2 Å². The van der Waals surface area contributed by atoms with Crippen molar-refractivity contribution in [2.75, 3.05) is 11.4 Å². The van der Waals surface area contributed by atoms with Gasteiger partial charge < -0.3 is 10.0 Å². The SMILES string of the molecule is CCN(c1c(Cl)cc([N+](=O)[O-])cc1Cl)C(C)(C)C(=O)O. The second-order valence-electron chi connectivity index (χ2n) is 4.62. The molecule has 110 valence electrons. The highest BCUT2D eigenvalue weighted by molar-refractivity contribution is 6.39. The molecule has 1 aromatic rings. The van der Waals surface area contributed by atoms with Crippen LogP contribution in [0.2, 0.25) is 10.0 Å². The van der Waals surface area contributed by atoms with Crippen molar-refractivity contribution in [3.05, 3.63) is 32.3 Å². The smallest absolute Gasteiger partial charge is 0.328 e. The lowest BCUT2D eigenvalue weighted by atomic mass is 10.0. The maximum atomic E-state index is 11.4. The van der Waals surface area contributed by atoms with Crippen molar-refractivity contribution < 1.29 is 14.8 Å². The van der Waals surface area contributed by atoms with Crippen LogP contribution in [-0.4, -0.2) is 28.1 Å². The number of aliphatic carboxylic acids is 1. The minimum atomic E-state index is -1.25. The van der Waals surface area contributed by atoms with E-state index in [1.165, 1.54) is 18.7 Å². The number of anilines is 1. The predicted molar refractivity (Wildman–Crippen MR) is 77.9 cm³/mol. The van der Waals surface area contributed by atoms with Crippen LogP contribution in [0.15, 0.2) is 12.1 Å². The van der Waals surface area contributed by atoms with E-state index in [2.05, 4.69) is 0 Å². The molecule has 0 saturated heterocycles. The number of non-ortho nitro benzene ring substituents is 1. The van der Waals surface area contributed by atoms with E-state index < -0.39 is 16.4 Å². The molecule has 0 aliphatic heterocycles. The second-order valence-corrected chi connectivity index (χ2v) is 5.44. The molecule has 1 N–H and O–H groups in total. The molecule has 6 nitrogen and oxygen atoms in total. The van der Waals surface area contributed by atoms with E-state index in [4.69, 9.17) is 23.2 Å². The molecule has 0 heterocycles. The lowest BCUT2D eigenvalue weighted by Gasteiger charge is -2.37. The van der Waals surface area contributed by atoms with Gasteiger partial charge in [-0.15, -0.1) is 0 Å². The normalized spacial score (nSPS) is 11.2. The van der Waals surface area contributed by atoms with Gasteiger partial charge in [0.05, 0.1) is 20.7 Å². The molecule has 1 aromatic carbocycles. The highest BCUT2D eigenvalue weighted by Gasteiger charge is 2.36. The summed E-state index contributed by atoms with van der Waals surface area (Å²) in [5.74, 6) is -1.05. The number of carboxylic acids is 1. The number of nitro groups is 1. The molecule has 0 saturated carbocycles. The molecular formula is C12H14Cl2N2O4. The zero-order chi connectivity index (χ0) is 15.7. The molecule has 0 unspecified atom stereocenters. The van der Waals surface area contributed by atoms with E-state index in [1.807, 2.05) is 0 Å². The van der Waals surface area contributed by atoms with Crippen molar-refractivity contribution in [1.82, 2.24) is 0 Å². The van der Waals surface area contributed by atoms with Crippen LogP contribution in [0.3, 0.4) is 0 Å². The average molecular weight is 321 g/mol. The molecule has 0 aromatic heterocycles. The fraction of sp³-hybridized carbons (Fsp3) is 0.417. The van der Waals surface area contributed by atoms with E-state index in [1.54, 1.807) is 6.92 Å². The molecule has 1 rings (SSSR count). The van der Waals surface area contributed by atoms with Crippen LogP contribution in [0, 0.1) is 10.1 Å². The van der Waals surface area contributed by atoms with Gasteiger partial charge in [-0.3, -0.25) is 10.1 Å². The van der Waals surface area contributed by atoms with Gasteiger partial charge in [0, 0.05) is 18.7 Å². The van der Waals surface area contributed by atoms with Crippen LogP contribution in [0.25, 0.3) is 0 Å². The van der Waals surface area contributed by atoms with Crippen molar-refractivity contribution in [2.24, 2.45) is 0 Å². The lowest BCUT2D eigenvalue weighted by molar-refractivity contribution is -0.384. The van der Waals surface area contributed by atoms with E-state index in [9.17, 15) is 20.0 Å². The van der Waals surface area contributed by atoms with Crippen LogP contribution in [0.4, 0.5) is 11.4 Å². The Morgan fingerprint density at radius 3 is 2.15 bits per heavy atom. The number of nitrogens with zero attached hydrogens (tertiary/aromatic N) is 2. The van der Waals surface area contributed by atoms with E-state index >= 15 is 0 Å². The monoisotopic (exact) mass is 320 g/mol. The van der Waals surface area contributed by atoms with Gasteiger partial charge in [-0.25, -0.2) is 4.79 Å². The number of rotatable bonds is 5. The Bertz CT molecular complexity index is 537. The molecule has 0 fully saturated rings. The molecule has 8 heteroatoms. The van der Waals surface area contributed by atoms with Crippen molar-refractivity contribution in [2.45, 2.75) is 26.3 Å². The largest absolute Gasteiger partial charge is 0.480 e. The summed E-state index contributed by atoms with van der Waals surface area (Å²) in [6.07, 6.45) is 0. The summed E-state index contributed by atoms with van der Waals surface area (Å²) in [5.41, 5.74) is -1.22. The first-order valence-corrected chi connectivity index (χ1v) is 6.53. The molecule has 0 aliphatic rings. The zero-order valence-electron chi connectivity index (χ0n) is 11.2. The maximum absolute atomic E-state index is 11.4. The number of hydrogen-bond acceptors (Lipinski definition) is 4. The number of halogens is 2. The van der Waals surface area contributed by atoms with Crippen LogP contribution >= 0.6 is 23.2 Å². The Balaban J connectivity index is 3.45. The number of likely N-dealkylation sites (N-methyl/N-ethyl adjacent to an activating group) is 1. The molecule has 0 bridgehead atoms. The first kappa shape index (κ1) is 16.5. The lowest BCUT2D eigenvalue weighted by Crippen LogP contribution is -2.50. The minimum absolute atomic E-state index is 0.0420. The molecule has 0 spiro atoms. The predicted octanol–water partition coefficient (Wildman–Crippen LogP) is 3.59. The van der Waals surface area contributed by atoms with Crippen LogP contribution in [0.5, 0.6) is 0 Å². The van der Waals surface area contributed by atoms with Crippen molar-refractivity contribution in [3.8, 4) is 0 Å². The van der Waals surface area contributed by atoms with E-state index in [-0.39, 0.29) is 21.4 Å². The first-order valence-electron chi connectivity index (χ1n) is 5.77. The highest BCUT2D eigenvalue weighted by atomic mass is 35.5. The third kappa shape index (κ3) is 2.96. The minimum Gasteiger partial charge on any atom is -0.480 e. The fourth-order valence-corrected chi connectivity index (χ4v) is 2.54. The summed E-state index contributed by atoms with van der Waals surface area (Å²) in [5, 5.41) is 20.1. The highest BCUT2D eigenvalue weighted by Crippen LogP contribution is 2.40. The number of nitro benzene ring substituents is 1. The van der Waals surface area contributed by atoms with Crippen molar-refractivity contribution in [1.29, 1.82) is 0 Å². The first-order chi connectivity index (χ1) is 9.12. The van der Waals surface area contributed by atoms with Crippen molar-refractivity contribution in [3.63, 3.8) is 0 Å². The van der Waals surface area contributed by atoms with Crippen molar-refractivity contribution >= 4 is 40.5 Å². The number of carboxylic acid groups (broad SMARTS) is 1. The summed E-state index contributed by atoms with van der Waals surface area (Å²) in [6.45, 7) is 5.09. The molecule has 0 radical (unpaired) electrons. The molecule has 0 atom stereocenters. The third-order valence-electron chi connectivity index (χ3n) is 3.00. The Hall–Kier alpha value is -1.53. The average Bonchev–Trinajstić information content (AvgIpc) is 2.32. The summed E-state index contributed by atoms with van der Waals surface area (Å²) < 4.78 is 0. The quantitative estimate of drug-likeness (QED) is 0.662. The summed E-state index contributed by atoms with van der Waals surface area (Å²) in [4.78, 5) is 23.0. The zero-order valence-corrected chi connectivity index (χ0v) is 12.7. The summed E-state index contributed by atoms with van der Waals surface area (Å²) in [6, 6.07) is 2.31. The Morgan fingerprint density at radius 2 is 1.85 bits per heavy atom. The second kappa shape index (κ2) is 5.85. The van der Waals surface area contributed by atoms with Gasteiger partial charge in [0.1, 0.15) is 5.54 Å². The van der Waals surface area contributed by atoms with Gasteiger partial charge in [-0.05, 0) is 20.8 Å². The van der Waals surface area contributed by atoms with Gasteiger partial charge in [0.25, 0.3) is 5.69 Å². The number of benzene rings is 1. The Kier molecular flexibility index (Phi) is 4.83. The van der Waals surface area contributed by atoms with Gasteiger partial charge in [0.2, 0.25) is 0 Å². The molecule has 0 amide bonds. The Morgan fingerprint density at radius 1 is 1.40 bits per heavy atom. The van der Waals surface area contributed by atoms with Gasteiger partial charge in [0.15, 0.2) is 0 Å². The van der Waals surface area contributed by atoms with Crippen LogP contribution < -0.4 is 4.90 Å². The van der Waals surface area contributed by atoms with E-state index in [0.717, 1.165) is 12.1 Å². The van der Waals surface area contributed by atoms with Crippen LogP contribution in [-0.2, 0) is 4.79 Å². The third-order valence-corrected chi connectivity index (χ3v) is 3.57. The molecule has 0 aliphatic carbocycles. The maximum Gasteiger partial charge on any atom is 0.328 e. The van der Waals surface area contributed by atoms with Crippen LogP contribution in [0.1, 0.15) is 20.8 Å². The number of hydrogen-bond donors (Lipinski definition) is 1. The number of carbonyl (C=O) groups is 1. The van der Waals surface area contributed by atoms with E-state index in [0.29, 0.717) is 6.54 Å². The summed E-state index contributed by atoms with van der Waals surface area (Å²) >= 11 is 12.1. The molecular weight excluding hydrogens is 307 g/mol. The topological polar surface area (TPSA) is 83.7 Å². The van der Waals surface area contributed by atoms with Gasteiger partial charge in [-0.2, -0.15) is 0 Å². The standard InChI is InChI=1S/C12H14Cl2N2O4/c1-4-15(12(2,3)11(17)18)10-8(13)5-7(16(19)20)6-9(10)14/h5-6H,4H2,1-3H3,(H,17,18). The fourth-order valence-electron chi connectivity index (χ4n) is 1.86. The van der Waals surface area contributed by atoms with Gasteiger partial charge >= 0.3 is 5.97 Å². The summed E-state index contributed by atoms with van der Waals surface area (Å²) in [7, 11) is 0.